The molecule has 0 spiro atoms. The fourth-order valence-corrected chi connectivity index (χ4v) is 2.63. The first-order valence-electron chi connectivity index (χ1n) is 8.19. The smallest absolute Gasteiger partial charge is 0.341 e. The molecule has 150 valence electrons. The van der Waals surface area contributed by atoms with Crippen molar-refractivity contribution in [2.75, 3.05) is 20.8 Å². The Bertz CT molecular complexity index is 929. The molecule has 0 aliphatic rings. The molecule has 0 aliphatic heterocycles. The quantitative estimate of drug-likeness (QED) is 0.645. The number of hydrogen-bond acceptors (Lipinski definition) is 8. The average molecular weight is 392 g/mol. The molecule has 1 aromatic heterocycles. The van der Waals surface area contributed by atoms with Crippen LogP contribution in [0.2, 0.25) is 0 Å². The predicted molar refractivity (Wildman–Crippen MR) is 96.0 cm³/mol. The van der Waals surface area contributed by atoms with E-state index >= 15 is 0 Å². The summed E-state index contributed by atoms with van der Waals surface area (Å²) in [6.45, 7) is 0.984. The van der Waals surface area contributed by atoms with Crippen molar-refractivity contribution in [3.05, 3.63) is 51.6 Å². The number of hydrogen-bond donors (Lipinski definition) is 2. The predicted octanol–water partition coefficient (Wildman–Crippen LogP) is 1.82. The highest BCUT2D eigenvalue weighted by molar-refractivity contribution is 5.71. The Morgan fingerprint density at radius 2 is 1.89 bits per heavy atom. The van der Waals surface area contributed by atoms with E-state index in [0.717, 1.165) is 6.07 Å². The van der Waals surface area contributed by atoms with Gasteiger partial charge in [-0.05, 0) is 24.6 Å². The largest absolute Gasteiger partial charge is 0.502 e. The summed E-state index contributed by atoms with van der Waals surface area (Å²) in [5, 5.41) is 18.9. The second-order valence-electron chi connectivity index (χ2n) is 5.86. The molecule has 28 heavy (non-hydrogen) atoms. The van der Waals surface area contributed by atoms with Crippen molar-refractivity contribution in [1.82, 2.24) is 0 Å². The van der Waals surface area contributed by atoms with Crippen LogP contribution in [-0.2, 0) is 14.3 Å². The van der Waals surface area contributed by atoms with Crippen molar-refractivity contribution in [1.29, 1.82) is 0 Å². The molecule has 1 aromatic carbocycles. The number of ether oxygens (including phenoxy) is 3. The lowest BCUT2D eigenvalue weighted by Crippen LogP contribution is -2.14. The van der Waals surface area contributed by atoms with Gasteiger partial charge in [-0.25, -0.2) is 4.79 Å². The van der Waals surface area contributed by atoms with Crippen LogP contribution in [0, 0.1) is 6.92 Å². The van der Waals surface area contributed by atoms with Crippen LogP contribution >= 0.6 is 0 Å². The summed E-state index contributed by atoms with van der Waals surface area (Å²) in [5.74, 6) is -2.62. The third-order valence-corrected chi connectivity index (χ3v) is 3.93. The zero-order valence-electron chi connectivity index (χ0n) is 15.6. The summed E-state index contributed by atoms with van der Waals surface area (Å²) >= 11 is 0. The van der Waals surface area contributed by atoms with Gasteiger partial charge >= 0.3 is 11.9 Å². The van der Waals surface area contributed by atoms with Crippen LogP contribution in [0.3, 0.4) is 0 Å². The second-order valence-corrected chi connectivity index (χ2v) is 5.86. The van der Waals surface area contributed by atoms with Crippen LogP contribution in [0.15, 0.2) is 33.5 Å². The molecule has 2 rings (SSSR count). The number of aliphatic carboxylic acids is 1. The van der Waals surface area contributed by atoms with Crippen molar-refractivity contribution < 1.29 is 38.4 Å². The van der Waals surface area contributed by atoms with Crippen LogP contribution in [0.1, 0.15) is 29.4 Å². The summed E-state index contributed by atoms with van der Waals surface area (Å²) < 4.78 is 20.6. The van der Waals surface area contributed by atoms with E-state index in [1.54, 1.807) is 13.0 Å². The molecule has 0 aliphatic carbocycles. The first-order chi connectivity index (χ1) is 13.3. The highest BCUT2D eigenvalue weighted by Gasteiger charge is 2.27. The Morgan fingerprint density at radius 3 is 2.50 bits per heavy atom. The van der Waals surface area contributed by atoms with Gasteiger partial charge in [-0.2, -0.15) is 0 Å². The summed E-state index contributed by atoms with van der Waals surface area (Å²) in [6.07, 6.45) is -0.213. The lowest BCUT2D eigenvalue weighted by Gasteiger charge is -2.18. The molecule has 9 heteroatoms. The van der Waals surface area contributed by atoms with Crippen LogP contribution in [0.5, 0.6) is 17.2 Å². The maximum Gasteiger partial charge on any atom is 0.341 e. The minimum Gasteiger partial charge on any atom is -0.502 e. The van der Waals surface area contributed by atoms with Gasteiger partial charge in [-0.15, -0.1) is 0 Å². The SMILES string of the molecule is COC(=O)CC(c1ccc(OCC(=O)O)c(OC)c1)c1oc(C)cc(=O)c1O. The number of aryl methyl sites for hydroxylation is 1. The molecule has 0 fully saturated rings. The van der Waals surface area contributed by atoms with Crippen molar-refractivity contribution in [3.63, 3.8) is 0 Å². The minimum atomic E-state index is -1.15. The number of carbonyl (C=O) groups excluding carboxylic acids is 1. The second kappa shape index (κ2) is 8.94. The van der Waals surface area contributed by atoms with Gasteiger partial charge in [0, 0.05) is 6.07 Å². The van der Waals surface area contributed by atoms with Gasteiger partial charge in [-0.3, -0.25) is 9.59 Å². The zero-order chi connectivity index (χ0) is 20.8. The van der Waals surface area contributed by atoms with Gasteiger partial charge in [0.05, 0.1) is 26.6 Å². The number of aromatic hydroxyl groups is 1. The lowest BCUT2D eigenvalue weighted by molar-refractivity contribution is -0.141. The van der Waals surface area contributed by atoms with Crippen molar-refractivity contribution in [3.8, 4) is 17.2 Å². The minimum absolute atomic E-state index is 0.0864. The van der Waals surface area contributed by atoms with Gasteiger partial charge < -0.3 is 28.8 Å². The zero-order valence-corrected chi connectivity index (χ0v) is 15.6. The molecule has 0 amide bonds. The van der Waals surface area contributed by atoms with E-state index in [1.807, 2.05) is 0 Å². The van der Waals surface area contributed by atoms with Gasteiger partial charge in [0.25, 0.3) is 0 Å². The number of benzene rings is 1. The van der Waals surface area contributed by atoms with Gasteiger partial charge in [-0.1, -0.05) is 6.07 Å². The number of esters is 1. The van der Waals surface area contributed by atoms with Crippen molar-refractivity contribution in [2.24, 2.45) is 0 Å². The first kappa shape index (κ1) is 20.8. The highest BCUT2D eigenvalue weighted by Crippen LogP contribution is 2.37. The highest BCUT2D eigenvalue weighted by atomic mass is 16.5. The van der Waals surface area contributed by atoms with E-state index in [1.165, 1.54) is 26.4 Å². The standard InChI is InChI=1S/C19H20O9/c1-10-6-13(20)18(24)19(28-10)12(8-17(23)26-3)11-4-5-14(15(7-11)25-2)27-9-16(21)22/h4-7,12,24H,8-9H2,1-3H3,(H,21,22). The molecule has 2 aromatic rings. The van der Waals surface area contributed by atoms with Crippen LogP contribution in [0.4, 0.5) is 0 Å². The average Bonchev–Trinajstić information content (AvgIpc) is 2.67. The topological polar surface area (TPSA) is 132 Å². The van der Waals surface area contributed by atoms with Gasteiger partial charge in [0.15, 0.2) is 23.9 Å². The number of rotatable bonds is 8. The third kappa shape index (κ3) is 4.81. The fourth-order valence-electron chi connectivity index (χ4n) is 2.63. The molecular weight excluding hydrogens is 372 g/mol. The van der Waals surface area contributed by atoms with E-state index in [-0.39, 0.29) is 29.4 Å². The van der Waals surface area contributed by atoms with Gasteiger partial charge in [0.1, 0.15) is 5.76 Å². The molecule has 0 bridgehead atoms. The van der Waals surface area contributed by atoms with E-state index in [2.05, 4.69) is 0 Å². The Kier molecular flexibility index (Phi) is 6.64. The monoisotopic (exact) mass is 392 g/mol. The van der Waals surface area contributed by atoms with Crippen LogP contribution in [-0.4, -0.2) is 43.0 Å². The summed E-state index contributed by atoms with van der Waals surface area (Å²) in [4.78, 5) is 34.6. The number of carboxylic acids is 1. The maximum atomic E-state index is 12.0. The molecule has 0 saturated carbocycles. The molecule has 0 saturated heterocycles. The molecule has 1 unspecified atom stereocenters. The van der Waals surface area contributed by atoms with E-state index in [9.17, 15) is 19.5 Å². The number of carboxylic acid groups (broad SMARTS) is 1. The van der Waals surface area contributed by atoms with E-state index < -0.39 is 35.6 Å². The lowest BCUT2D eigenvalue weighted by atomic mass is 9.92. The van der Waals surface area contributed by atoms with Crippen LogP contribution < -0.4 is 14.9 Å². The Morgan fingerprint density at radius 1 is 1.18 bits per heavy atom. The maximum absolute atomic E-state index is 12.0. The first-order valence-corrected chi connectivity index (χ1v) is 8.19. The Labute approximate surface area is 160 Å². The molecular formula is C19H20O9. The molecule has 2 N–H and O–H groups in total. The Hall–Kier alpha value is -3.49. The van der Waals surface area contributed by atoms with Gasteiger partial charge in [0.2, 0.25) is 11.2 Å². The fraction of sp³-hybridized carbons (Fsp3) is 0.316. The summed E-state index contributed by atoms with van der Waals surface area (Å²) in [5.41, 5.74) is -0.170. The summed E-state index contributed by atoms with van der Waals surface area (Å²) in [7, 11) is 2.58. The molecule has 9 nitrogen and oxygen atoms in total. The molecule has 1 heterocycles. The van der Waals surface area contributed by atoms with Crippen molar-refractivity contribution in [2.45, 2.75) is 19.3 Å². The number of carbonyl (C=O) groups is 2. The molecule has 1 atom stereocenters. The van der Waals surface area contributed by atoms with Crippen molar-refractivity contribution >= 4 is 11.9 Å². The normalized spacial score (nSPS) is 11.5. The van der Waals surface area contributed by atoms with E-state index in [4.69, 9.17) is 23.7 Å². The third-order valence-electron chi connectivity index (χ3n) is 3.93. The van der Waals surface area contributed by atoms with Crippen LogP contribution in [0.25, 0.3) is 0 Å². The number of methoxy groups -OCH3 is 2. The molecule has 0 radical (unpaired) electrons. The van der Waals surface area contributed by atoms with E-state index in [0.29, 0.717) is 5.56 Å². The summed E-state index contributed by atoms with van der Waals surface area (Å²) in [6, 6.07) is 5.66. The Balaban J connectivity index is 2.54.